The molecule has 24 nitrogen and oxygen atoms in total. The van der Waals surface area contributed by atoms with Gasteiger partial charge >= 0.3 is 0 Å². The van der Waals surface area contributed by atoms with E-state index in [1.807, 2.05) is 59.7 Å². The number of benzene rings is 1. The Hall–Kier alpha value is -6.41. The van der Waals surface area contributed by atoms with E-state index in [0.29, 0.717) is 50.8 Å². The van der Waals surface area contributed by atoms with E-state index in [1.165, 1.54) is 92.6 Å². The second-order valence-electron chi connectivity index (χ2n) is 27.7. The smallest absolute Gasteiger partial charge is 0.246 e. The van der Waals surface area contributed by atoms with Crippen LogP contribution in [0.2, 0.25) is 0 Å². The van der Waals surface area contributed by atoms with Crippen molar-refractivity contribution in [3.8, 4) is 0 Å². The van der Waals surface area contributed by atoms with Crippen molar-refractivity contribution in [1.29, 1.82) is 0 Å². The van der Waals surface area contributed by atoms with Gasteiger partial charge in [0.25, 0.3) is 0 Å². The lowest BCUT2D eigenvalue weighted by molar-refractivity contribution is -0.152. The number of likely N-dealkylation sites (tertiary alicyclic amines) is 1. The molecule has 1 aromatic rings. The fourth-order valence-corrected chi connectivity index (χ4v) is 12.9. The molecule has 4 N–H and O–H groups in total. The number of likely N-dealkylation sites (N-methyl/N-ethyl adjacent to an activating group) is 7. The standard InChI is InChI=1S/C68H111IN12O12/c1-17-19-31-49-63(89)80(16)68(8,9)67(93)72-51(34-43(3)4)62(88)79(15)54(65(91)81-32-24-21-25-33-81)39-56(83)77(13)52(35-44(5)6)61(87)73-59(45(7)18-2)66(92)76(12)41-57(84)74(10)42-58(85)78(14)53(38-46-27-22-20-23-28-46)64(90)75(11)40-55(82)70-50(60(86)71-49)37-47-29-26-30-48(69)36-47/h26,29-30,36,43-46,49-54,59H,17-25,27-28,31-35,37-42H2,1-16H3,(H,70,82)(H,71,86)(H,72,93)(H,73,87)/t45-,49-,50-,51-,52-,53-,54?,59-/m0/s1. The summed E-state index contributed by atoms with van der Waals surface area (Å²) >= 11 is 2.15. The summed E-state index contributed by atoms with van der Waals surface area (Å²) in [4.78, 5) is 186. The number of nitrogens with one attached hydrogen (secondary N) is 4. The van der Waals surface area contributed by atoms with Gasteiger partial charge in [-0.2, -0.15) is 0 Å². The van der Waals surface area contributed by atoms with Crippen molar-refractivity contribution in [2.75, 3.05) is 82.1 Å². The number of piperidine rings is 1. The van der Waals surface area contributed by atoms with Gasteiger partial charge in [0.2, 0.25) is 70.9 Å². The van der Waals surface area contributed by atoms with Gasteiger partial charge in [0.05, 0.1) is 26.1 Å². The van der Waals surface area contributed by atoms with Gasteiger partial charge in [0.1, 0.15) is 47.8 Å². The number of hydrogen-bond donors (Lipinski definition) is 4. The molecule has 1 saturated carbocycles. The first-order valence-corrected chi connectivity index (χ1v) is 34.8. The second kappa shape index (κ2) is 37.0. The van der Waals surface area contributed by atoms with Crippen molar-refractivity contribution in [3.05, 3.63) is 33.4 Å². The first kappa shape index (κ1) is 79.0. The summed E-state index contributed by atoms with van der Waals surface area (Å²) in [7, 11) is 10.0. The van der Waals surface area contributed by atoms with E-state index in [1.54, 1.807) is 17.9 Å². The summed E-state index contributed by atoms with van der Waals surface area (Å²) in [6.07, 6.45) is 8.56. The van der Waals surface area contributed by atoms with E-state index in [0.717, 1.165) is 47.0 Å². The van der Waals surface area contributed by atoms with Gasteiger partial charge in [0.15, 0.2) is 0 Å². The zero-order valence-corrected chi connectivity index (χ0v) is 60.7. The molecule has 1 aromatic carbocycles. The molecular weight excluding hydrogens is 1300 g/mol. The Morgan fingerprint density at radius 2 is 1.19 bits per heavy atom. The number of unbranched alkanes of at least 4 members (excludes halogenated alkanes) is 1. The van der Waals surface area contributed by atoms with Crippen molar-refractivity contribution in [2.45, 2.75) is 219 Å². The maximum absolute atomic E-state index is 15.1. The predicted octanol–water partition coefficient (Wildman–Crippen LogP) is 4.58. The fraction of sp³-hybridized carbons (Fsp3) is 0.735. The molecule has 93 heavy (non-hydrogen) atoms. The van der Waals surface area contributed by atoms with Crippen molar-refractivity contribution in [3.63, 3.8) is 0 Å². The minimum absolute atomic E-state index is 0.00897. The number of halogens is 1. The number of carbonyl (C=O) groups excluding carboxylic acids is 12. The Morgan fingerprint density at radius 3 is 1.78 bits per heavy atom. The summed E-state index contributed by atoms with van der Waals surface area (Å²) in [5.41, 5.74) is -0.983. The summed E-state index contributed by atoms with van der Waals surface area (Å²) in [5.74, 6) is -8.25. The van der Waals surface area contributed by atoms with Gasteiger partial charge in [0, 0.05) is 72.4 Å². The molecule has 0 aromatic heterocycles. The van der Waals surface area contributed by atoms with Gasteiger partial charge in [-0.3, -0.25) is 57.5 Å². The monoisotopic (exact) mass is 1410 g/mol. The van der Waals surface area contributed by atoms with Gasteiger partial charge in [-0.25, -0.2) is 0 Å². The Bertz CT molecular complexity index is 2770. The summed E-state index contributed by atoms with van der Waals surface area (Å²) < 4.78 is 0.866. The highest BCUT2D eigenvalue weighted by Gasteiger charge is 2.44. The molecule has 2 aliphatic heterocycles. The third-order valence-corrected chi connectivity index (χ3v) is 19.6. The Morgan fingerprint density at radius 1 is 0.602 bits per heavy atom. The Balaban J connectivity index is 1.87. The third-order valence-electron chi connectivity index (χ3n) is 19.0. The molecule has 2 heterocycles. The molecular formula is C68H111IN12O12. The normalized spacial score (nSPS) is 25.3. The molecule has 0 spiro atoms. The lowest BCUT2D eigenvalue weighted by atomic mass is 9.84. The molecule has 4 rings (SSSR count). The zero-order chi connectivity index (χ0) is 69.8. The third kappa shape index (κ3) is 22.9. The van der Waals surface area contributed by atoms with Crippen LogP contribution < -0.4 is 21.3 Å². The number of hydrogen-bond acceptors (Lipinski definition) is 12. The second-order valence-corrected chi connectivity index (χ2v) is 29.0. The maximum atomic E-state index is 15.1. The highest BCUT2D eigenvalue weighted by atomic mass is 127. The molecule has 3 aliphatic rings. The lowest BCUT2D eigenvalue weighted by Crippen LogP contribution is -2.63. The van der Waals surface area contributed by atoms with Crippen LogP contribution in [0.1, 0.15) is 171 Å². The van der Waals surface area contributed by atoms with Gasteiger partial charge in [-0.15, -0.1) is 0 Å². The highest BCUT2D eigenvalue weighted by Crippen LogP contribution is 2.30. The summed E-state index contributed by atoms with van der Waals surface area (Å²) in [5, 5.41) is 11.5. The molecule has 25 heteroatoms. The number of rotatable bonds is 14. The molecule has 8 atom stereocenters. The van der Waals surface area contributed by atoms with E-state index >= 15 is 4.79 Å². The molecule has 0 bridgehead atoms. The van der Waals surface area contributed by atoms with E-state index in [4.69, 9.17) is 0 Å². The van der Waals surface area contributed by atoms with E-state index < -0.39 is 151 Å². The van der Waals surface area contributed by atoms with Crippen LogP contribution in [0.3, 0.4) is 0 Å². The van der Waals surface area contributed by atoms with Crippen LogP contribution in [-0.2, 0) is 64.0 Å². The molecule has 2 saturated heterocycles. The quantitative estimate of drug-likeness (QED) is 0.186. The van der Waals surface area contributed by atoms with Gasteiger partial charge in [-0.05, 0) is 123 Å². The minimum atomic E-state index is -1.68. The van der Waals surface area contributed by atoms with Crippen LogP contribution >= 0.6 is 22.6 Å². The van der Waals surface area contributed by atoms with Crippen LogP contribution in [0.15, 0.2) is 24.3 Å². The van der Waals surface area contributed by atoms with E-state index in [9.17, 15) is 52.7 Å². The molecule has 1 aliphatic carbocycles. The summed E-state index contributed by atoms with van der Waals surface area (Å²) in [6, 6.07) is -1.15. The van der Waals surface area contributed by atoms with Crippen LogP contribution in [0.5, 0.6) is 0 Å². The predicted molar refractivity (Wildman–Crippen MR) is 364 cm³/mol. The van der Waals surface area contributed by atoms with E-state index in [2.05, 4.69) is 43.9 Å². The average Bonchev–Trinajstić information content (AvgIpc) is 0.961. The molecule has 12 amide bonds. The van der Waals surface area contributed by atoms with Crippen LogP contribution in [0, 0.1) is 27.2 Å². The Kier molecular flexibility index (Phi) is 31.5. The minimum Gasteiger partial charge on any atom is -0.343 e. The van der Waals surface area contributed by atoms with Crippen molar-refractivity contribution in [1.82, 2.24) is 60.5 Å². The van der Waals surface area contributed by atoms with Crippen LogP contribution in [0.4, 0.5) is 0 Å². The SMILES string of the molecule is CCCC[C@@H]1NC(=O)[C@H](Cc2cccc(I)c2)NC(=O)CN(C)C(=O)[C@H](CC2CCCCC2)N(C)C(=O)CN(C)C(=O)CN(C)C(=O)[C@H]([C@@H](C)CC)NC(=O)[C@H](CC(C)C)N(C)C(=O)CC(C(=O)N2CCCCC2)N(C)C(=O)[C@H](CC(C)C)NC(=O)C(C)(C)N(C)C1=O. The molecule has 0 radical (unpaired) electrons. The molecule has 3 fully saturated rings. The lowest BCUT2D eigenvalue weighted by Gasteiger charge is -2.39. The van der Waals surface area contributed by atoms with E-state index in [-0.39, 0.29) is 49.9 Å². The van der Waals surface area contributed by atoms with Crippen molar-refractivity contribution in [2.24, 2.45) is 23.7 Å². The Labute approximate surface area is 567 Å². The summed E-state index contributed by atoms with van der Waals surface area (Å²) in [6.45, 7) is 15.4. The average molecular weight is 1420 g/mol. The zero-order valence-electron chi connectivity index (χ0n) is 58.6. The topological polar surface area (TPSA) is 279 Å². The molecule has 522 valence electrons. The highest BCUT2D eigenvalue weighted by molar-refractivity contribution is 14.1. The first-order valence-electron chi connectivity index (χ1n) is 33.7. The number of amides is 12. The van der Waals surface area contributed by atoms with Crippen molar-refractivity contribution < 1.29 is 57.5 Å². The van der Waals surface area contributed by atoms with Crippen LogP contribution in [-0.4, -0.2) is 240 Å². The molecule has 1 unspecified atom stereocenters. The maximum Gasteiger partial charge on any atom is 0.246 e. The first-order chi connectivity index (χ1) is 43.6. The number of nitrogens with zero attached hydrogens (tertiary/aromatic N) is 8. The van der Waals surface area contributed by atoms with Crippen LogP contribution in [0.25, 0.3) is 0 Å². The van der Waals surface area contributed by atoms with Crippen molar-refractivity contribution >= 4 is 93.5 Å². The largest absolute Gasteiger partial charge is 0.343 e. The fourth-order valence-electron chi connectivity index (χ4n) is 12.3. The van der Waals surface area contributed by atoms with Gasteiger partial charge in [-0.1, -0.05) is 112 Å². The number of carbonyl (C=O) groups is 12. The van der Waals surface area contributed by atoms with Gasteiger partial charge < -0.3 is 60.5 Å².